The first-order chi connectivity index (χ1) is 9.40. The van der Waals surface area contributed by atoms with Crippen LogP contribution in [-0.2, 0) is 4.79 Å². The molecule has 1 N–H and O–H groups in total. The van der Waals surface area contributed by atoms with Crippen molar-refractivity contribution in [3.8, 4) is 0 Å². The molecule has 1 aromatic rings. The summed E-state index contributed by atoms with van der Waals surface area (Å²) < 4.78 is 26.3. The molecule has 0 bridgehead atoms. The standard InChI is InChI=1S/C14H15F2NO3/c1-8-3-2-4-17(12(8)14(19)20)13(18)9-5-10(15)7-11(16)6-9/h5-8,12H,2-4H2,1H3,(H,19,20). The highest BCUT2D eigenvalue weighted by molar-refractivity contribution is 5.96. The molecule has 4 nitrogen and oxygen atoms in total. The molecule has 20 heavy (non-hydrogen) atoms. The monoisotopic (exact) mass is 283 g/mol. The van der Waals surface area contributed by atoms with Gasteiger partial charge in [0.1, 0.15) is 17.7 Å². The molecule has 0 aliphatic carbocycles. The molecule has 2 atom stereocenters. The Bertz CT molecular complexity index is 527. The van der Waals surface area contributed by atoms with Crippen molar-refractivity contribution < 1.29 is 23.5 Å². The van der Waals surface area contributed by atoms with Gasteiger partial charge in [0.05, 0.1) is 0 Å². The van der Waals surface area contributed by atoms with Crippen molar-refractivity contribution in [2.24, 2.45) is 5.92 Å². The third-order valence-corrected chi connectivity index (χ3v) is 3.56. The second-order valence-corrected chi connectivity index (χ2v) is 5.06. The largest absolute Gasteiger partial charge is 0.480 e. The first-order valence-electron chi connectivity index (χ1n) is 6.40. The van der Waals surface area contributed by atoms with E-state index in [0.717, 1.165) is 12.1 Å². The van der Waals surface area contributed by atoms with Gasteiger partial charge in [-0.25, -0.2) is 13.6 Å². The second kappa shape index (κ2) is 5.56. The van der Waals surface area contributed by atoms with Crippen molar-refractivity contribution in [3.05, 3.63) is 35.4 Å². The van der Waals surface area contributed by atoms with E-state index < -0.39 is 29.6 Å². The van der Waals surface area contributed by atoms with Gasteiger partial charge in [-0.3, -0.25) is 4.79 Å². The maximum absolute atomic E-state index is 13.2. The van der Waals surface area contributed by atoms with Crippen LogP contribution in [0.3, 0.4) is 0 Å². The van der Waals surface area contributed by atoms with Crippen LogP contribution in [0.2, 0.25) is 0 Å². The molecule has 1 amide bonds. The molecule has 0 radical (unpaired) electrons. The molecule has 108 valence electrons. The van der Waals surface area contributed by atoms with Crippen molar-refractivity contribution >= 4 is 11.9 Å². The van der Waals surface area contributed by atoms with Gasteiger partial charge >= 0.3 is 5.97 Å². The topological polar surface area (TPSA) is 57.6 Å². The van der Waals surface area contributed by atoms with Crippen LogP contribution in [0.25, 0.3) is 0 Å². The molecule has 1 fully saturated rings. The van der Waals surface area contributed by atoms with Crippen LogP contribution in [0, 0.1) is 17.6 Å². The highest BCUT2D eigenvalue weighted by Crippen LogP contribution is 2.25. The number of amides is 1. The molecule has 1 aliphatic rings. The first-order valence-corrected chi connectivity index (χ1v) is 6.40. The molecule has 1 aliphatic heterocycles. The summed E-state index contributed by atoms with van der Waals surface area (Å²) in [7, 11) is 0. The van der Waals surface area contributed by atoms with Gasteiger partial charge in [-0.1, -0.05) is 6.92 Å². The summed E-state index contributed by atoms with van der Waals surface area (Å²) in [5.41, 5.74) is -0.164. The van der Waals surface area contributed by atoms with Crippen LogP contribution in [0.5, 0.6) is 0 Å². The fraction of sp³-hybridized carbons (Fsp3) is 0.429. The van der Waals surface area contributed by atoms with E-state index >= 15 is 0 Å². The Morgan fingerprint density at radius 3 is 2.40 bits per heavy atom. The Balaban J connectivity index is 2.32. The van der Waals surface area contributed by atoms with Gasteiger partial charge in [-0.2, -0.15) is 0 Å². The number of piperidine rings is 1. The van der Waals surface area contributed by atoms with E-state index in [0.29, 0.717) is 18.9 Å². The lowest BCUT2D eigenvalue weighted by Gasteiger charge is -2.37. The molecule has 0 aromatic heterocycles. The minimum atomic E-state index is -1.09. The first kappa shape index (κ1) is 14.4. The molecular formula is C14H15F2NO3. The average Bonchev–Trinajstić information content (AvgIpc) is 2.35. The number of carboxylic acid groups (broad SMARTS) is 1. The Morgan fingerprint density at radius 2 is 1.85 bits per heavy atom. The zero-order valence-electron chi connectivity index (χ0n) is 11.0. The minimum Gasteiger partial charge on any atom is -0.480 e. The fourth-order valence-electron chi connectivity index (χ4n) is 2.64. The summed E-state index contributed by atoms with van der Waals surface area (Å²) in [5.74, 6) is -3.65. The van der Waals surface area contributed by atoms with Gasteiger partial charge in [-0.05, 0) is 30.9 Å². The second-order valence-electron chi connectivity index (χ2n) is 5.06. The predicted octanol–water partition coefficient (Wildman–Crippen LogP) is 2.29. The number of carboxylic acids is 1. The molecular weight excluding hydrogens is 268 g/mol. The van der Waals surface area contributed by atoms with Gasteiger partial charge < -0.3 is 10.0 Å². The van der Waals surface area contributed by atoms with E-state index in [2.05, 4.69) is 0 Å². The smallest absolute Gasteiger partial charge is 0.326 e. The van der Waals surface area contributed by atoms with E-state index in [1.165, 1.54) is 4.90 Å². The molecule has 2 unspecified atom stereocenters. The van der Waals surface area contributed by atoms with E-state index in [9.17, 15) is 23.5 Å². The summed E-state index contributed by atoms with van der Waals surface area (Å²) in [6.45, 7) is 2.03. The number of benzene rings is 1. The number of hydrogen-bond donors (Lipinski definition) is 1. The normalized spacial score (nSPS) is 22.6. The zero-order chi connectivity index (χ0) is 14.9. The highest BCUT2D eigenvalue weighted by atomic mass is 19.1. The number of halogens is 2. The van der Waals surface area contributed by atoms with Crippen molar-refractivity contribution in [1.82, 2.24) is 4.90 Å². The molecule has 6 heteroatoms. The molecule has 0 saturated carbocycles. The number of likely N-dealkylation sites (tertiary alicyclic amines) is 1. The van der Waals surface area contributed by atoms with Gasteiger partial charge in [-0.15, -0.1) is 0 Å². The number of nitrogens with zero attached hydrogens (tertiary/aromatic N) is 1. The Hall–Kier alpha value is -1.98. The van der Waals surface area contributed by atoms with Crippen LogP contribution >= 0.6 is 0 Å². The molecule has 0 spiro atoms. The van der Waals surface area contributed by atoms with Crippen LogP contribution in [0.4, 0.5) is 8.78 Å². The highest BCUT2D eigenvalue weighted by Gasteiger charge is 2.37. The van der Waals surface area contributed by atoms with Gasteiger partial charge in [0, 0.05) is 18.2 Å². The molecule has 1 saturated heterocycles. The third kappa shape index (κ3) is 2.79. The predicted molar refractivity (Wildman–Crippen MR) is 67.2 cm³/mol. The zero-order valence-corrected chi connectivity index (χ0v) is 11.0. The summed E-state index contributed by atoms with van der Waals surface area (Å²) in [5, 5.41) is 9.24. The van der Waals surface area contributed by atoms with Crippen molar-refractivity contribution in [3.63, 3.8) is 0 Å². The molecule has 1 heterocycles. The number of hydrogen-bond acceptors (Lipinski definition) is 2. The number of carbonyl (C=O) groups excluding carboxylic acids is 1. The van der Waals surface area contributed by atoms with Crippen molar-refractivity contribution in [2.75, 3.05) is 6.54 Å². The lowest BCUT2D eigenvalue weighted by Crippen LogP contribution is -2.51. The number of aliphatic carboxylic acids is 1. The van der Waals surface area contributed by atoms with Gasteiger partial charge in [0.2, 0.25) is 0 Å². The third-order valence-electron chi connectivity index (χ3n) is 3.56. The van der Waals surface area contributed by atoms with E-state index in [1.807, 2.05) is 0 Å². The lowest BCUT2D eigenvalue weighted by atomic mass is 9.90. The maximum Gasteiger partial charge on any atom is 0.326 e. The van der Waals surface area contributed by atoms with Gasteiger partial charge in [0.25, 0.3) is 5.91 Å². The van der Waals surface area contributed by atoms with Crippen LogP contribution < -0.4 is 0 Å². The maximum atomic E-state index is 13.2. The summed E-state index contributed by atoms with van der Waals surface area (Å²) in [4.78, 5) is 24.8. The SMILES string of the molecule is CC1CCCN(C(=O)c2cc(F)cc(F)c2)C1C(=O)O. The fourth-order valence-corrected chi connectivity index (χ4v) is 2.64. The Labute approximate surface area is 115 Å². The van der Waals surface area contributed by atoms with Crippen molar-refractivity contribution in [1.29, 1.82) is 0 Å². The van der Waals surface area contributed by atoms with E-state index in [1.54, 1.807) is 6.92 Å². The van der Waals surface area contributed by atoms with Crippen LogP contribution in [-0.4, -0.2) is 34.5 Å². The Kier molecular flexibility index (Phi) is 4.01. The molecule has 2 rings (SSSR count). The number of carbonyl (C=O) groups is 2. The number of rotatable bonds is 2. The van der Waals surface area contributed by atoms with Crippen LogP contribution in [0.1, 0.15) is 30.1 Å². The van der Waals surface area contributed by atoms with Gasteiger partial charge in [0.15, 0.2) is 0 Å². The van der Waals surface area contributed by atoms with Crippen LogP contribution in [0.15, 0.2) is 18.2 Å². The summed E-state index contributed by atoms with van der Waals surface area (Å²) >= 11 is 0. The lowest BCUT2D eigenvalue weighted by molar-refractivity contribution is -0.145. The summed E-state index contributed by atoms with van der Waals surface area (Å²) in [6, 6.07) is 1.56. The Morgan fingerprint density at radius 1 is 1.25 bits per heavy atom. The quantitative estimate of drug-likeness (QED) is 0.906. The van der Waals surface area contributed by atoms with Crippen molar-refractivity contribution in [2.45, 2.75) is 25.8 Å². The molecule has 1 aromatic carbocycles. The average molecular weight is 283 g/mol. The summed E-state index contributed by atoms with van der Waals surface area (Å²) in [6.07, 6.45) is 1.38. The van der Waals surface area contributed by atoms with E-state index in [4.69, 9.17) is 0 Å². The minimum absolute atomic E-state index is 0.164. The van der Waals surface area contributed by atoms with E-state index in [-0.39, 0.29) is 18.0 Å².